The number of halogens is 2. The van der Waals surface area contributed by atoms with E-state index in [1.54, 1.807) is 29.2 Å². The number of hydrogen-bond donors (Lipinski definition) is 0. The van der Waals surface area contributed by atoms with E-state index in [4.69, 9.17) is 27.9 Å². The monoisotopic (exact) mass is 287 g/mol. The molecule has 0 aliphatic carbocycles. The summed E-state index contributed by atoms with van der Waals surface area (Å²) < 4.78 is 5.42. The molecule has 98 valence electrons. The van der Waals surface area contributed by atoms with Gasteiger partial charge in [0.1, 0.15) is 5.75 Å². The minimum atomic E-state index is 0.00789. The molecule has 0 N–H and O–H groups in total. The van der Waals surface area contributed by atoms with Gasteiger partial charge in [-0.2, -0.15) is 0 Å². The molecule has 0 aromatic heterocycles. The maximum absolute atomic E-state index is 11.9. The number of likely N-dealkylation sites (tertiary alicyclic amines) is 1. The molecule has 0 bridgehead atoms. The number of hydrogen-bond acceptors (Lipinski definition) is 2. The molecule has 1 aliphatic heterocycles. The molecule has 1 amide bonds. The van der Waals surface area contributed by atoms with Gasteiger partial charge in [0.2, 0.25) is 0 Å². The lowest BCUT2D eigenvalue weighted by molar-refractivity contribution is -0.134. The Labute approximate surface area is 117 Å². The minimum Gasteiger partial charge on any atom is -0.484 e. The van der Waals surface area contributed by atoms with E-state index in [0.29, 0.717) is 10.8 Å². The molecule has 0 atom stereocenters. The van der Waals surface area contributed by atoms with Crippen LogP contribution in [0, 0.1) is 0 Å². The molecule has 1 saturated heterocycles. The van der Waals surface area contributed by atoms with Crippen LogP contribution in [0.5, 0.6) is 5.75 Å². The molecule has 1 aromatic rings. The Morgan fingerprint density at radius 1 is 1.28 bits per heavy atom. The second-order valence-electron chi connectivity index (χ2n) is 4.30. The first kappa shape index (κ1) is 13.5. The van der Waals surface area contributed by atoms with Crippen LogP contribution in [0.4, 0.5) is 0 Å². The summed E-state index contributed by atoms with van der Waals surface area (Å²) in [6.45, 7) is 1.50. The SMILES string of the molecule is O=C(COc1ccc(Cl)cc1)N1CCC(Cl)CC1. The Hall–Kier alpha value is -0.930. The Balaban J connectivity index is 1.79. The maximum atomic E-state index is 11.9. The predicted molar refractivity (Wildman–Crippen MR) is 72.4 cm³/mol. The van der Waals surface area contributed by atoms with E-state index in [1.165, 1.54) is 0 Å². The largest absolute Gasteiger partial charge is 0.484 e. The fourth-order valence-electron chi connectivity index (χ4n) is 1.86. The molecule has 1 aliphatic rings. The van der Waals surface area contributed by atoms with Crippen molar-refractivity contribution in [1.29, 1.82) is 0 Å². The van der Waals surface area contributed by atoms with Crippen LogP contribution in [0.3, 0.4) is 0 Å². The average molecular weight is 288 g/mol. The first-order valence-corrected chi connectivity index (χ1v) is 6.77. The summed E-state index contributed by atoms with van der Waals surface area (Å²) in [4.78, 5) is 13.7. The zero-order valence-electron chi connectivity index (χ0n) is 9.94. The summed E-state index contributed by atoms with van der Waals surface area (Å²) in [7, 11) is 0. The van der Waals surface area contributed by atoms with Crippen molar-refractivity contribution in [3.8, 4) is 5.75 Å². The van der Waals surface area contributed by atoms with Gasteiger partial charge in [-0.25, -0.2) is 0 Å². The Morgan fingerprint density at radius 3 is 2.50 bits per heavy atom. The van der Waals surface area contributed by atoms with Crippen molar-refractivity contribution in [2.45, 2.75) is 18.2 Å². The molecule has 3 nitrogen and oxygen atoms in total. The van der Waals surface area contributed by atoms with Crippen molar-refractivity contribution in [3.05, 3.63) is 29.3 Å². The second kappa shape index (κ2) is 6.30. The molecule has 1 heterocycles. The number of alkyl halides is 1. The van der Waals surface area contributed by atoms with Crippen LogP contribution in [0.15, 0.2) is 24.3 Å². The van der Waals surface area contributed by atoms with Gasteiger partial charge in [0.05, 0.1) is 0 Å². The van der Waals surface area contributed by atoms with Crippen LogP contribution in [0.2, 0.25) is 5.02 Å². The predicted octanol–water partition coefficient (Wildman–Crippen LogP) is 2.95. The van der Waals surface area contributed by atoms with E-state index in [1.807, 2.05) is 0 Å². The maximum Gasteiger partial charge on any atom is 0.260 e. The van der Waals surface area contributed by atoms with Crippen LogP contribution in [-0.4, -0.2) is 35.9 Å². The molecule has 0 saturated carbocycles. The lowest BCUT2D eigenvalue weighted by Gasteiger charge is -2.29. The third kappa shape index (κ3) is 3.79. The van der Waals surface area contributed by atoms with Crippen molar-refractivity contribution in [1.82, 2.24) is 4.90 Å². The average Bonchev–Trinajstić information content (AvgIpc) is 2.38. The Kier molecular flexibility index (Phi) is 4.72. The van der Waals surface area contributed by atoms with Gasteiger partial charge in [0.15, 0.2) is 6.61 Å². The first-order valence-electron chi connectivity index (χ1n) is 5.95. The van der Waals surface area contributed by atoms with Crippen molar-refractivity contribution >= 4 is 29.1 Å². The quantitative estimate of drug-likeness (QED) is 0.800. The summed E-state index contributed by atoms with van der Waals surface area (Å²) in [5.41, 5.74) is 0. The van der Waals surface area contributed by atoms with E-state index in [2.05, 4.69) is 0 Å². The number of carbonyl (C=O) groups excluding carboxylic acids is 1. The summed E-state index contributed by atoms with van der Waals surface area (Å²) in [6.07, 6.45) is 1.71. The summed E-state index contributed by atoms with van der Waals surface area (Å²) >= 11 is 11.8. The van der Waals surface area contributed by atoms with Crippen molar-refractivity contribution in [2.24, 2.45) is 0 Å². The van der Waals surface area contributed by atoms with E-state index in [0.717, 1.165) is 25.9 Å². The number of ether oxygens (including phenoxy) is 1. The molecular weight excluding hydrogens is 273 g/mol. The summed E-state index contributed by atoms with van der Waals surface area (Å²) in [5, 5.41) is 0.851. The third-order valence-corrected chi connectivity index (χ3v) is 3.64. The highest BCUT2D eigenvalue weighted by Crippen LogP contribution is 2.17. The van der Waals surface area contributed by atoms with Crippen LogP contribution in [0.1, 0.15) is 12.8 Å². The normalized spacial score (nSPS) is 16.7. The number of piperidine rings is 1. The van der Waals surface area contributed by atoms with Gasteiger partial charge in [-0.3, -0.25) is 4.79 Å². The molecule has 0 spiro atoms. The number of nitrogens with zero attached hydrogens (tertiary/aromatic N) is 1. The summed E-state index contributed by atoms with van der Waals surface area (Å²) in [6, 6.07) is 6.97. The zero-order chi connectivity index (χ0) is 13.0. The van der Waals surface area contributed by atoms with Gasteiger partial charge in [-0.05, 0) is 37.1 Å². The highest BCUT2D eigenvalue weighted by atomic mass is 35.5. The van der Waals surface area contributed by atoms with Gasteiger partial charge in [-0.1, -0.05) is 11.6 Å². The fraction of sp³-hybridized carbons (Fsp3) is 0.462. The van der Waals surface area contributed by atoms with Gasteiger partial charge in [0, 0.05) is 23.5 Å². The van der Waals surface area contributed by atoms with Crippen LogP contribution in [0.25, 0.3) is 0 Å². The highest BCUT2D eigenvalue weighted by Gasteiger charge is 2.21. The van der Waals surface area contributed by atoms with Gasteiger partial charge in [-0.15, -0.1) is 11.6 Å². The van der Waals surface area contributed by atoms with E-state index < -0.39 is 0 Å². The standard InChI is InChI=1S/C13H15Cl2NO2/c14-10-1-3-12(4-2-10)18-9-13(17)16-7-5-11(15)6-8-16/h1-4,11H,5-9H2. The first-order chi connectivity index (χ1) is 8.65. The lowest BCUT2D eigenvalue weighted by Crippen LogP contribution is -2.41. The van der Waals surface area contributed by atoms with Gasteiger partial charge < -0.3 is 9.64 Å². The van der Waals surface area contributed by atoms with Crippen molar-refractivity contribution < 1.29 is 9.53 Å². The van der Waals surface area contributed by atoms with Crippen LogP contribution >= 0.6 is 23.2 Å². The smallest absolute Gasteiger partial charge is 0.260 e. The Morgan fingerprint density at radius 2 is 1.89 bits per heavy atom. The van der Waals surface area contributed by atoms with Gasteiger partial charge >= 0.3 is 0 Å². The minimum absolute atomic E-state index is 0.00789. The van der Waals surface area contributed by atoms with Crippen molar-refractivity contribution in [2.75, 3.05) is 19.7 Å². The third-order valence-electron chi connectivity index (χ3n) is 2.95. The number of carbonyl (C=O) groups is 1. The Bertz CT molecular complexity index is 400. The van der Waals surface area contributed by atoms with Crippen molar-refractivity contribution in [3.63, 3.8) is 0 Å². The molecular formula is C13H15Cl2NO2. The van der Waals surface area contributed by atoms with Crippen LogP contribution < -0.4 is 4.74 Å². The fourth-order valence-corrected chi connectivity index (χ4v) is 2.19. The van der Waals surface area contributed by atoms with E-state index >= 15 is 0 Å². The molecule has 1 fully saturated rings. The van der Waals surface area contributed by atoms with E-state index in [9.17, 15) is 4.79 Å². The molecule has 18 heavy (non-hydrogen) atoms. The number of rotatable bonds is 3. The molecule has 0 radical (unpaired) electrons. The summed E-state index contributed by atoms with van der Waals surface area (Å²) in [5.74, 6) is 0.661. The molecule has 5 heteroatoms. The number of amides is 1. The van der Waals surface area contributed by atoms with E-state index in [-0.39, 0.29) is 17.9 Å². The van der Waals surface area contributed by atoms with Crippen LogP contribution in [-0.2, 0) is 4.79 Å². The topological polar surface area (TPSA) is 29.5 Å². The second-order valence-corrected chi connectivity index (χ2v) is 5.35. The number of benzene rings is 1. The molecule has 0 unspecified atom stereocenters. The molecule has 2 rings (SSSR count). The molecule has 1 aromatic carbocycles. The highest BCUT2D eigenvalue weighted by molar-refractivity contribution is 6.30. The van der Waals surface area contributed by atoms with Gasteiger partial charge in [0.25, 0.3) is 5.91 Å². The lowest BCUT2D eigenvalue weighted by atomic mass is 10.1. The zero-order valence-corrected chi connectivity index (χ0v) is 11.5.